The third-order valence-electron chi connectivity index (χ3n) is 1.52. The molecule has 0 bridgehead atoms. The van der Waals surface area contributed by atoms with Crippen molar-refractivity contribution in [3.8, 4) is 0 Å². The Bertz CT molecular complexity index is 282. The van der Waals surface area contributed by atoms with Crippen molar-refractivity contribution >= 4 is 5.97 Å². The first-order valence-corrected chi connectivity index (χ1v) is 3.50. The second kappa shape index (κ2) is 3.36. The minimum absolute atomic E-state index is 0.0178. The lowest BCUT2D eigenvalue weighted by atomic mass is 10.1. The monoisotopic (exact) mass is 170 g/mol. The minimum atomic E-state index is -0.992. The van der Waals surface area contributed by atoms with Gasteiger partial charge >= 0.3 is 5.97 Å². The van der Waals surface area contributed by atoms with Crippen LogP contribution in [0, 0.1) is 6.92 Å². The number of aryl methyl sites for hydroxylation is 1. The Kier molecular flexibility index (Phi) is 2.44. The van der Waals surface area contributed by atoms with Crippen LogP contribution < -0.4 is 5.73 Å². The van der Waals surface area contributed by atoms with Gasteiger partial charge < -0.3 is 15.3 Å². The normalized spacial score (nSPS) is 12.8. The third kappa shape index (κ3) is 1.62. The largest absolute Gasteiger partial charge is 0.481 e. The summed E-state index contributed by atoms with van der Waals surface area (Å²) in [7, 11) is 0. The molecule has 1 atom stereocenters. The van der Waals surface area contributed by atoms with Gasteiger partial charge in [0.05, 0.1) is 6.20 Å². The summed E-state index contributed by atoms with van der Waals surface area (Å²) < 4.78 is 5.03. The van der Waals surface area contributed by atoms with Gasteiger partial charge in [-0.05, 0) is 0 Å². The summed E-state index contributed by atoms with van der Waals surface area (Å²) >= 11 is 0. The maximum absolute atomic E-state index is 10.6. The van der Waals surface area contributed by atoms with Crippen LogP contribution in [-0.4, -0.2) is 22.6 Å². The van der Waals surface area contributed by atoms with E-state index in [4.69, 9.17) is 15.3 Å². The van der Waals surface area contributed by atoms with Crippen LogP contribution in [0.5, 0.6) is 0 Å². The molecule has 0 aliphatic carbocycles. The Morgan fingerprint density at radius 3 is 2.92 bits per heavy atom. The zero-order chi connectivity index (χ0) is 9.14. The molecule has 0 amide bonds. The zero-order valence-electron chi connectivity index (χ0n) is 6.65. The van der Waals surface area contributed by atoms with E-state index in [2.05, 4.69) is 4.98 Å². The molecular formula is C7H10N2O3. The van der Waals surface area contributed by atoms with Crippen LogP contribution in [0.2, 0.25) is 0 Å². The fourth-order valence-electron chi connectivity index (χ4n) is 0.878. The molecule has 5 heteroatoms. The van der Waals surface area contributed by atoms with E-state index < -0.39 is 11.9 Å². The molecular weight excluding hydrogens is 160 g/mol. The average Bonchev–Trinajstić information content (AvgIpc) is 2.37. The SMILES string of the molecule is Cc1ncc(C(CN)C(=O)O)o1. The van der Waals surface area contributed by atoms with Crippen LogP contribution in [-0.2, 0) is 4.79 Å². The molecule has 0 spiro atoms. The summed E-state index contributed by atoms with van der Waals surface area (Å²) in [4.78, 5) is 14.4. The van der Waals surface area contributed by atoms with Gasteiger partial charge in [-0.15, -0.1) is 0 Å². The number of oxazole rings is 1. The lowest BCUT2D eigenvalue weighted by Crippen LogP contribution is -2.20. The van der Waals surface area contributed by atoms with Gasteiger partial charge in [-0.3, -0.25) is 4.79 Å². The molecule has 12 heavy (non-hydrogen) atoms. The Labute approximate surface area is 69.2 Å². The number of rotatable bonds is 3. The van der Waals surface area contributed by atoms with Crippen LogP contribution >= 0.6 is 0 Å². The number of aliphatic carboxylic acids is 1. The van der Waals surface area contributed by atoms with Crippen molar-refractivity contribution in [2.24, 2.45) is 5.73 Å². The summed E-state index contributed by atoms with van der Waals surface area (Å²) in [5.41, 5.74) is 5.25. The molecule has 1 unspecified atom stereocenters. The van der Waals surface area contributed by atoms with Crippen molar-refractivity contribution in [1.82, 2.24) is 4.98 Å². The first kappa shape index (κ1) is 8.73. The molecule has 0 radical (unpaired) electrons. The van der Waals surface area contributed by atoms with E-state index in [-0.39, 0.29) is 6.54 Å². The highest BCUT2D eigenvalue weighted by atomic mass is 16.4. The smallest absolute Gasteiger partial charge is 0.315 e. The zero-order valence-corrected chi connectivity index (χ0v) is 6.65. The summed E-state index contributed by atoms with van der Waals surface area (Å²) in [5.74, 6) is -1.02. The highest BCUT2D eigenvalue weighted by Gasteiger charge is 2.21. The molecule has 1 rings (SSSR count). The molecule has 1 heterocycles. The number of aromatic nitrogens is 1. The first-order chi connectivity index (χ1) is 5.65. The fourth-order valence-corrected chi connectivity index (χ4v) is 0.878. The Balaban J connectivity index is 2.87. The number of nitrogens with two attached hydrogens (primary N) is 1. The van der Waals surface area contributed by atoms with Gasteiger partial charge in [0.1, 0.15) is 11.7 Å². The maximum Gasteiger partial charge on any atom is 0.315 e. The van der Waals surface area contributed by atoms with Crippen molar-refractivity contribution < 1.29 is 14.3 Å². The van der Waals surface area contributed by atoms with E-state index in [0.717, 1.165) is 0 Å². The molecule has 0 aromatic carbocycles. The topological polar surface area (TPSA) is 89.3 Å². The molecule has 1 aromatic rings. The van der Waals surface area contributed by atoms with Crippen molar-refractivity contribution in [1.29, 1.82) is 0 Å². The van der Waals surface area contributed by atoms with Gasteiger partial charge in [0.15, 0.2) is 5.89 Å². The lowest BCUT2D eigenvalue weighted by Gasteiger charge is -2.03. The molecule has 5 nitrogen and oxygen atoms in total. The van der Waals surface area contributed by atoms with E-state index in [9.17, 15) is 4.79 Å². The fraction of sp³-hybridized carbons (Fsp3) is 0.429. The quantitative estimate of drug-likeness (QED) is 0.672. The van der Waals surface area contributed by atoms with Crippen molar-refractivity contribution in [2.45, 2.75) is 12.8 Å². The average molecular weight is 170 g/mol. The molecule has 1 aromatic heterocycles. The Morgan fingerprint density at radius 1 is 1.92 bits per heavy atom. The predicted octanol–water partition coefficient (Wildman–Crippen LogP) is 0.110. The van der Waals surface area contributed by atoms with Gasteiger partial charge in [-0.2, -0.15) is 0 Å². The van der Waals surface area contributed by atoms with E-state index in [1.165, 1.54) is 6.20 Å². The van der Waals surface area contributed by atoms with Gasteiger partial charge in [-0.1, -0.05) is 0 Å². The predicted molar refractivity (Wildman–Crippen MR) is 40.7 cm³/mol. The van der Waals surface area contributed by atoms with Crippen LogP contribution in [0.25, 0.3) is 0 Å². The molecule has 0 saturated heterocycles. The van der Waals surface area contributed by atoms with Crippen molar-refractivity contribution in [2.75, 3.05) is 6.54 Å². The third-order valence-corrected chi connectivity index (χ3v) is 1.52. The second-order valence-electron chi connectivity index (χ2n) is 2.41. The number of carboxylic acids is 1. The molecule has 66 valence electrons. The highest BCUT2D eigenvalue weighted by Crippen LogP contribution is 2.15. The number of carbonyl (C=O) groups is 1. The Hall–Kier alpha value is -1.36. The summed E-state index contributed by atoms with van der Waals surface area (Å²) in [5, 5.41) is 8.67. The van der Waals surface area contributed by atoms with E-state index in [1.807, 2.05) is 0 Å². The van der Waals surface area contributed by atoms with Crippen LogP contribution in [0.1, 0.15) is 17.6 Å². The Morgan fingerprint density at radius 2 is 2.58 bits per heavy atom. The van der Waals surface area contributed by atoms with Gasteiger partial charge in [-0.25, -0.2) is 4.98 Å². The number of hydrogen-bond acceptors (Lipinski definition) is 4. The highest BCUT2D eigenvalue weighted by molar-refractivity contribution is 5.75. The first-order valence-electron chi connectivity index (χ1n) is 3.50. The van der Waals surface area contributed by atoms with Gasteiger partial charge in [0.2, 0.25) is 0 Å². The van der Waals surface area contributed by atoms with Crippen LogP contribution in [0.3, 0.4) is 0 Å². The molecule has 0 fully saturated rings. The molecule has 0 aliphatic rings. The summed E-state index contributed by atoms with van der Waals surface area (Å²) in [6.45, 7) is 1.67. The number of hydrogen-bond donors (Lipinski definition) is 2. The van der Waals surface area contributed by atoms with Gasteiger partial charge in [0, 0.05) is 13.5 Å². The molecule has 0 aliphatic heterocycles. The number of nitrogens with zero attached hydrogens (tertiary/aromatic N) is 1. The van der Waals surface area contributed by atoms with Gasteiger partial charge in [0.25, 0.3) is 0 Å². The standard InChI is InChI=1S/C7H10N2O3/c1-4-9-3-6(12-4)5(2-8)7(10)11/h3,5H,2,8H2,1H3,(H,10,11). The summed E-state index contributed by atoms with van der Waals surface area (Å²) in [6, 6.07) is 0. The van der Waals surface area contributed by atoms with Crippen LogP contribution in [0.15, 0.2) is 10.6 Å². The van der Waals surface area contributed by atoms with E-state index in [0.29, 0.717) is 11.7 Å². The van der Waals surface area contributed by atoms with Crippen LogP contribution in [0.4, 0.5) is 0 Å². The minimum Gasteiger partial charge on any atom is -0.481 e. The molecule has 3 N–H and O–H groups in total. The van der Waals surface area contributed by atoms with Crippen molar-refractivity contribution in [3.05, 3.63) is 17.8 Å². The van der Waals surface area contributed by atoms with E-state index >= 15 is 0 Å². The molecule has 0 saturated carbocycles. The maximum atomic E-state index is 10.6. The lowest BCUT2D eigenvalue weighted by molar-refractivity contribution is -0.138. The van der Waals surface area contributed by atoms with E-state index in [1.54, 1.807) is 6.92 Å². The number of carboxylic acid groups (broad SMARTS) is 1. The summed E-state index contributed by atoms with van der Waals surface area (Å²) in [6.07, 6.45) is 1.39. The second-order valence-corrected chi connectivity index (χ2v) is 2.41. The van der Waals surface area contributed by atoms with Crippen molar-refractivity contribution in [3.63, 3.8) is 0 Å².